The summed E-state index contributed by atoms with van der Waals surface area (Å²) in [5.41, 5.74) is 1.27. The van der Waals surface area contributed by atoms with Gasteiger partial charge in [0.05, 0.1) is 5.92 Å². The Morgan fingerprint density at radius 3 is 2.80 bits per heavy atom. The van der Waals surface area contributed by atoms with Gasteiger partial charge in [-0.05, 0) is 23.3 Å². The Kier molecular flexibility index (Phi) is 3.57. The molecule has 0 saturated heterocycles. The van der Waals surface area contributed by atoms with Crippen molar-refractivity contribution >= 4 is 17.5 Å². The first-order chi connectivity index (χ1) is 9.65. The molecule has 3 rings (SSSR count). The number of hydrogen-bond acceptors (Lipinski definition) is 2. The van der Waals surface area contributed by atoms with Crippen molar-refractivity contribution in [2.75, 3.05) is 5.75 Å². The maximum Gasteiger partial charge on any atom is 0.145 e. The molecule has 1 aliphatic heterocycles. The van der Waals surface area contributed by atoms with Gasteiger partial charge < -0.3 is 0 Å². The molecular weight excluding hydrogens is 278 g/mol. The van der Waals surface area contributed by atoms with E-state index in [2.05, 4.69) is 0 Å². The molecule has 1 aliphatic rings. The number of halogens is 2. The number of hydrogen-bond donors (Lipinski definition) is 0. The number of Topliss-reactive ketones (excluding diaryl/α,β-unsaturated/α-hetero) is 1. The summed E-state index contributed by atoms with van der Waals surface area (Å²) in [4.78, 5) is 13.5. The molecule has 0 aliphatic carbocycles. The fourth-order valence-electron chi connectivity index (χ4n) is 2.41. The first-order valence-corrected chi connectivity index (χ1v) is 7.32. The molecule has 1 unspecified atom stereocenters. The van der Waals surface area contributed by atoms with Gasteiger partial charge in [-0.2, -0.15) is 0 Å². The molecule has 0 N–H and O–H groups in total. The van der Waals surface area contributed by atoms with Crippen molar-refractivity contribution in [3.05, 3.63) is 65.2 Å². The molecule has 0 bridgehead atoms. The average molecular weight is 290 g/mol. The number of thioether (sulfide) groups is 1. The highest BCUT2D eigenvalue weighted by Gasteiger charge is 2.29. The predicted molar refractivity (Wildman–Crippen MR) is 75.0 cm³/mol. The summed E-state index contributed by atoms with van der Waals surface area (Å²) in [6.07, 6.45) is 0.00563. The fraction of sp³-hybridized carbons (Fsp3) is 0.188. The van der Waals surface area contributed by atoms with Crippen LogP contribution in [-0.2, 0) is 11.2 Å². The summed E-state index contributed by atoms with van der Waals surface area (Å²) in [5, 5.41) is 0. The molecule has 2 aromatic carbocycles. The Bertz CT molecular complexity index is 669. The van der Waals surface area contributed by atoms with E-state index in [9.17, 15) is 13.6 Å². The van der Waals surface area contributed by atoms with Crippen molar-refractivity contribution in [3.63, 3.8) is 0 Å². The van der Waals surface area contributed by atoms with Gasteiger partial charge in [-0.1, -0.05) is 24.3 Å². The second-order valence-electron chi connectivity index (χ2n) is 4.78. The van der Waals surface area contributed by atoms with E-state index in [0.717, 1.165) is 16.5 Å². The predicted octanol–water partition coefficient (Wildman–Crippen LogP) is 3.97. The highest BCUT2D eigenvalue weighted by molar-refractivity contribution is 7.99. The molecule has 0 amide bonds. The lowest BCUT2D eigenvalue weighted by Crippen LogP contribution is -2.15. The van der Waals surface area contributed by atoms with Gasteiger partial charge in [0.1, 0.15) is 17.4 Å². The summed E-state index contributed by atoms with van der Waals surface area (Å²) in [5.74, 6) is -0.799. The van der Waals surface area contributed by atoms with Crippen molar-refractivity contribution in [2.45, 2.75) is 17.2 Å². The summed E-state index contributed by atoms with van der Waals surface area (Å²) in [6, 6.07) is 11.1. The van der Waals surface area contributed by atoms with Gasteiger partial charge >= 0.3 is 0 Å². The SMILES string of the molecule is O=C(Cc1ccc(F)cc1F)C1CSc2ccccc21. The first-order valence-electron chi connectivity index (χ1n) is 6.33. The van der Waals surface area contributed by atoms with Gasteiger partial charge in [-0.3, -0.25) is 4.79 Å². The molecule has 1 heterocycles. The van der Waals surface area contributed by atoms with E-state index in [1.54, 1.807) is 11.8 Å². The van der Waals surface area contributed by atoms with Crippen LogP contribution in [0.1, 0.15) is 17.0 Å². The number of fused-ring (bicyclic) bond motifs is 1. The average Bonchev–Trinajstić information content (AvgIpc) is 2.86. The maximum absolute atomic E-state index is 13.6. The lowest BCUT2D eigenvalue weighted by molar-refractivity contribution is -0.119. The van der Waals surface area contributed by atoms with Crippen molar-refractivity contribution in [2.24, 2.45) is 0 Å². The van der Waals surface area contributed by atoms with Crippen LogP contribution in [0.2, 0.25) is 0 Å². The Hall–Kier alpha value is -1.68. The lowest BCUT2D eigenvalue weighted by Gasteiger charge is -2.10. The van der Waals surface area contributed by atoms with Gasteiger partial charge in [0, 0.05) is 23.1 Å². The lowest BCUT2D eigenvalue weighted by atomic mass is 9.92. The van der Waals surface area contributed by atoms with Gasteiger partial charge in [0.2, 0.25) is 0 Å². The third-order valence-electron chi connectivity index (χ3n) is 3.47. The first kappa shape index (κ1) is 13.3. The molecule has 0 aromatic heterocycles. The zero-order valence-corrected chi connectivity index (χ0v) is 11.4. The summed E-state index contributed by atoms with van der Waals surface area (Å²) >= 11 is 1.65. The molecule has 20 heavy (non-hydrogen) atoms. The Morgan fingerprint density at radius 2 is 2.00 bits per heavy atom. The summed E-state index contributed by atoms with van der Waals surface area (Å²) < 4.78 is 26.5. The number of ketones is 1. The highest BCUT2D eigenvalue weighted by atomic mass is 32.2. The molecule has 0 fully saturated rings. The molecular formula is C16H12F2OS. The molecule has 102 valence electrons. The van der Waals surface area contributed by atoms with E-state index in [-0.39, 0.29) is 23.7 Å². The molecule has 4 heteroatoms. The third kappa shape index (κ3) is 2.48. The quantitative estimate of drug-likeness (QED) is 0.851. The van der Waals surface area contributed by atoms with E-state index in [1.165, 1.54) is 12.1 Å². The van der Waals surface area contributed by atoms with Crippen LogP contribution in [0.5, 0.6) is 0 Å². The minimum atomic E-state index is -0.655. The largest absolute Gasteiger partial charge is 0.299 e. The second kappa shape index (κ2) is 5.37. The summed E-state index contributed by atoms with van der Waals surface area (Å²) in [7, 11) is 0. The Labute approximate surface area is 120 Å². The fourth-order valence-corrected chi connectivity index (χ4v) is 3.67. The van der Waals surface area contributed by atoms with E-state index in [0.29, 0.717) is 5.75 Å². The minimum Gasteiger partial charge on any atom is -0.299 e. The van der Waals surface area contributed by atoms with E-state index >= 15 is 0 Å². The molecule has 0 radical (unpaired) electrons. The summed E-state index contributed by atoms with van der Waals surface area (Å²) in [6.45, 7) is 0. The van der Waals surface area contributed by atoms with E-state index < -0.39 is 11.6 Å². The van der Waals surface area contributed by atoms with Crippen LogP contribution in [0.4, 0.5) is 8.78 Å². The monoisotopic (exact) mass is 290 g/mol. The van der Waals surface area contributed by atoms with Crippen LogP contribution in [0.3, 0.4) is 0 Å². The number of benzene rings is 2. The Balaban J connectivity index is 1.81. The Morgan fingerprint density at radius 1 is 1.20 bits per heavy atom. The van der Waals surface area contributed by atoms with Gasteiger partial charge in [0.15, 0.2) is 0 Å². The van der Waals surface area contributed by atoms with Gasteiger partial charge in [-0.25, -0.2) is 8.78 Å². The number of carbonyl (C=O) groups is 1. The molecule has 2 aromatic rings. The molecule has 0 spiro atoms. The zero-order chi connectivity index (χ0) is 14.1. The molecule has 1 atom stereocenters. The van der Waals surface area contributed by atoms with Crippen molar-refractivity contribution in [1.82, 2.24) is 0 Å². The maximum atomic E-state index is 13.6. The molecule has 0 saturated carbocycles. The molecule has 1 nitrogen and oxygen atoms in total. The van der Waals surface area contributed by atoms with E-state index in [1.807, 2.05) is 24.3 Å². The standard InChI is InChI=1S/C16H12F2OS/c17-11-6-5-10(14(18)8-11)7-15(19)13-9-20-16-4-2-1-3-12(13)16/h1-6,8,13H,7,9H2. The third-order valence-corrected chi connectivity index (χ3v) is 4.65. The van der Waals surface area contributed by atoms with Gasteiger partial charge in [0.25, 0.3) is 0 Å². The van der Waals surface area contributed by atoms with Gasteiger partial charge in [-0.15, -0.1) is 11.8 Å². The highest BCUT2D eigenvalue weighted by Crippen LogP contribution is 2.40. The van der Waals surface area contributed by atoms with Crippen LogP contribution in [0, 0.1) is 11.6 Å². The van der Waals surface area contributed by atoms with Crippen molar-refractivity contribution < 1.29 is 13.6 Å². The van der Waals surface area contributed by atoms with Crippen LogP contribution in [-0.4, -0.2) is 11.5 Å². The second-order valence-corrected chi connectivity index (χ2v) is 5.84. The van der Waals surface area contributed by atoms with Crippen molar-refractivity contribution in [3.8, 4) is 0 Å². The topological polar surface area (TPSA) is 17.1 Å². The zero-order valence-electron chi connectivity index (χ0n) is 10.6. The minimum absolute atomic E-state index is 0.00563. The van der Waals surface area contributed by atoms with Crippen LogP contribution < -0.4 is 0 Å². The smallest absolute Gasteiger partial charge is 0.145 e. The van der Waals surface area contributed by atoms with E-state index in [4.69, 9.17) is 0 Å². The number of rotatable bonds is 3. The number of carbonyl (C=O) groups excluding carboxylic acids is 1. The van der Waals surface area contributed by atoms with Crippen LogP contribution >= 0.6 is 11.8 Å². The van der Waals surface area contributed by atoms with Crippen LogP contribution in [0.25, 0.3) is 0 Å². The van der Waals surface area contributed by atoms with Crippen molar-refractivity contribution in [1.29, 1.82) is 0 Å². The normalized spacial score (nSPS) is 17.0. The van der Waals surface area contributed by atoms with Crippen LogP contribution in [0.15, 0.2) is 47.4 Å².